The largest absolute Gasteiger partial charge is 0.481 e. The van der Waals surface area contributed by atoms with E-state index in [2.05, 4.69) is 16.0 Å². The number of benzene rings is 1. The lowest BCUT2D eigenvalue weighted by atomic mass is 9.98. The zero-order valence-electron chi connectivity index (χ0n) is 18.9. The van der Waals surface area contributed by atoms with Gasteiger partial charge in [0.05, 0.1) is 12.5 Å². The van der Waals surface area contributed by atoms with Crippen molar-refractivity contribution in [2.75, 3.05) is 0 Å². The average Bonchev–Trinajstić information content (AvgIpc) is 2.75. The number of nitrogens with one attached hydrogen (secondary N) is 3. The van der Waals surface area contributed by atoms with Crippen LogP contribution in [0.3, 0.4) is 0 Å². The second kappa shape index (κ2) is 13.2. The molecule has 11 nitrogen and oxygen atoms in total. The van der Waals surface area contributed by atoms with Crippen LogP contribution >= 0.6 is 0 Å². The standard InChI is InChI=1S/C22H32N4O7/c1-4-12(2)18(22(32)33)26-21(31)15(10-14-8-6-5-7-9-14)25-20(30)16(11-17(27)28)24-19(29)13(3)23/h5-9,12-13,15-16,18H,4,10-11,23H2,1-3H3,(H,24,29)(H,25,30)(H,26,31)(H,27,28)(H,32,33). The van der Waals surface area contributed by atoms with E-state index < -0.39 is 60.2 Å². The van der Waals surface area contributed by atoms with Crippen molar-refractivity contribution in [1.82, 2.24) is 16.0 Å². The molecule has 0 fully saturated rings. The minimum absolute atomic E-state index is 0.0201. The molecule has 1 aromatic rings. The molecule has 0 bridgehead atoms. The molecule has 5 atom stereocenters. The Kier molecular flexibility index (Phi) is 11.0. The molecule has 0 aromatic heterocycles. The van der Waals surface area contributed by atoms with E-state index in [0.29, 0.717) is 12.0 Å². The smallest absolute Gasteiger partial charge is 0.326 e. The van der Waals surface area contributed by atoms with Crippen LogP contribution in [0.2, 0.25) is 0 Å². The number of hydrogen-bond acceptors (Lipinski definition) is 6. The van der Waals surface area contributed by atoms with Gasteiger partial charge in [0.2, 0.25) is 17.7 Å². The summed E-state index contributed by atoms with van der Waals surface area (Å²) in [6.45, 7) is 4.83. The first kappa shape index (κ1) is 27.6. The van der Waals surface area contributed by atoms with Gasteiger partial charge in [0, 0.05) is 6.42 Å². The molecule has 0 heterocycles. The molecule has 0 aliphatic carbocycles. The summed E-state index contributed by atoms with van der Waals surface area (Å²) < 4.78 is 0. The monoisotopic (exact) mass is 464 g/mol. The van der Waals surface area contributed by atoms with Crippen LogP contribution in [0.1, 0.15) is 39.2 Å². The van der Waals surface area contributed by atoms with Crippen LogP contribution < -0.4 is 21.7 Å². The van der Waals surface area contributed by atoms with Crippen LogP contribution in [0.5, 0.6) is 0 Å². The van der Waals surface area contributed by atoms with Crippen LogP contribution in [-0.4, -0.2) is 64.0 Å². The van der Waals surface area contributed by atoms with Gasteiger partial charge in [-0.2, -0.15) is 0 Å². The van der Waals surface area contributed by atoms with Crippen molar-refractivity contribution in [2.45, 2.75) is 64.2 Å². The lowest BCUT2D eigenvalue weighted by Crippen LogP contribution is -2.58. The molecule has 33 heavy (non-hydrogen) atoms. The number of aliphatic carboxylic acids is 2. The molecule has 0 saturated heterocycles. The maximum Gasteiger partial charge on any atom is 0.326 e. The average molecular weight is 465 g/mol. The molecule has 0 spiro atoms. The van der Waals surface area contributed by atoms with E-state index in [1.807, 2.05) is 0 Å². The first-order valence-electron chi connectivity index (χ1n) is 10.6. The summed E-state index contributed by atoms with van der Waals surface area (Å²) in [5.41, 5.74) is 6.16. The van der Waals surface area contributed by atoms with Crippen molar-refractivity contribution in [3.8, 4) is 0 Å². The normalized spacial score (nSPS) is 15.3. The maximum absolute atomic E-state index is 13.0. The SMILES string of the molecule is CCC(C)C(NC(=O)C(Cc1ccccc1)NC(=O)C(CC(=O)O)NC(=O)C(C)N)C(=O)O. The minimum Gasteiger partial charge on any atom is -0.481 e. The number of carbonyl (C=O) groups excluding carboxylic acids is 3. The number of rotatable bonds is 13. The molecule has 7 N–H and O–H groups in total. The Hall–Kier alpha value is -3.47. The fourth-order valence-corrected chi connectivity index (χ4v) is 2.96. The third kappa shape index (κ3) is 9.27. The van der Waals surface area contributed by atoms with E-state index in [1.165, 1.54) is 6.92 Å². The molecular weight excluding hydrogens is 432 g/mol. The van der Waals surface area contributed by atoms with Gasteiger partial charge >= 0.3 is 11.9 Å². The second-order valence-electron chi connectivity index (χ2n) is 7.91. The Morgan fingerprint density at radius 2 is 1.42 bits per heavy atom. The number of carboxylic acid groups (broad SMARTS) is 2. The molecule has 1 aromatic carbocycles. The second-order valence-corrected chi connectivity index (χ2v) is 7.91. The van der Waals surface area contributed by atoms with Gasteiger partial charge in [0.15, 0.2) is 0 Å². The zero-order valence-corrected chi connectivity index (χ0v) is 18.9. The first-order chi connectivity index (χ1) is 15.5. The molecular formula is C22H32N4O7. The molecule has 0 aliphatic rings. The molecule has 1 rings (SSSR count). The van der Waals surface area contributed by atoms with Crippen molar-refractivity contribution in [3.05, 3.63) is 35.9 Å². The van der Waals surface area contributed by atoms with Gasteiger partial charge < -0.3 is 31.9 Å². The van der Waals surface area contributed by atoms with E-state index in [1.54, 1.807) is 44.2 Å². The van der Waals surface area contributed by atoms with Crippen molar-refractivity contribution in [1.29, 1.82) is 0 Å². The van der Waals surface area contributed by atoms with Gasteiger partial charge in [0.25, 0.3) is 0 Å². The summed E-state index contributed by atoms with van der Waals surface area (Å²) in [7, 11) is 0. The molecule has 0 radical (unpaired) electrons. The molecule has 0 saturated carbocycles. The molecule has 11 heteroatoms. The van der Waals surface area contributed by atoms with Crippen LogP contribution in [0.4, 0.5) is 0 Å². The van der Waals surface area contributed by atoms with E-state index in [9.17, 15) is 29.1 Å². The highest BCUT2D eigenvalue weighted by molar-refractivity contribution is 5.95. The third-order valence-corrected chi connectivity index (χ3v) is 5.12. The Labute approximate surface area is 192 Å². The molecule has 5 unspecified atom stereocenters. The molecule has 182 valence electrons. The van der Waals surface area contributed by atoms with Gasteiger partial charge in [-0.3, -0.25) is 19.2 Å². The third-order valence-electron chi connectivity index (χ3n) is 5.12. The van der Waals surface area contributed by atoms with Gasteiger partial charge in [-0.1, -0.05) is 50.6 Å². The quantitative estimate of drug-likeness (QED) is 0.228. The fraction of sp³-hybridized carbons (Fsp3) is 0.500. The molecule has 3 amide bonds. The van der Waals surface area contributed by atoms with Gasteiger partial charge in [0.1, 0.15) is 18.1 Å². The van der Waals surface area contributed by atoms with E-state index in [4.69, 9.17) is 10.8 Å². The summed E-state index contributed by atoms with van der Waals surface area (Å²) in [6.07, 6.45) is -0.210. The number of amides is 3. The van der Waals surface area contributed by atoms with E-state index in [-0.39, 0.29) is 12.3 Å². The van der Waals surface area contributed by atoms with Crippen molar-refractivity contribution in [3.63, 3.8) is 0 Å². The van der Waals surface area contributed by atoms with Gasteiger partial charge in [-0.05, 0) is 18.4 Å². The lowest BCUT2D eigenvalue weighted by molar-refractivity contribution is -0.144. The summed E-state index contributed by atoms with van der Waals surface area (Å²) in [6, 6.07) is 3.85. The van der Waals surface area contributed by atoms with Crippen LogP contribution in [0.15, 0.2) is 30.3 Å². The van der Waals surface area contributed by atoms with Crippen LogP contribution in [0, 0.1) is 5.92 Å². The Morgan fingerprint density at radius 1 is 0.879 bits per heavy atom. The highest BCUT2D eigenvalue weighted by Gasteiger charge is 2.32. The van der Waals surface area contributed by atoms with Crippen molar-refractivity contribution >= 4 is 29.7 Å². The minimum atomic E-state index is -1.48. The highest BCUT2D eigenvalue weighted by Crippen LogP contribution is 2.10. The topological polar surface area (TPSA) is 188 Å². The van der Waals surface area contributed by atoms with E-state index in [0.717, 1.165) is 0 Å². The fourth-order valence-electron chi connectivity index (χ4n) is 2.96. The van der Waals surface area contributed by atoms with E-state index >= 15 is 0 Å². The maximum atomic E-state index is 13.0. The predicted molar refractivity (Wildman–Crippen MR) is 119 cm³/mol. The van der Waals surface area contributed by atoms with Crippen molar-refractivity contribution in [2.24, 2.45) is 11.7 Å². The number of carboxylic acids is 2. The Morgan fingerprint density at radius 3 is 1.91 bits per heavy atom. The number of carbonyl (C=O) groups is 5. The number of hydrogen-bond donors (Lipinski definition) is 6. The van der Waals surface area contributed by atoms with Crippen LogP contribution in [-0.2, 0) is 30.4 Å². The van der Waals surface area contributed by atoms with Crippen molar-refractivity contribution < 1.29 is 34.2 Å². The molecule has 0 aliphatic heterocycles. The Balaban J connectivity index is 3.14. The summed E-state index contributed by atoms with van der Waals surface area (Å²) >= 11 is 0. The van der Waals surface area contributed by atoms with Gasteiger partial charge in [-0.15, -0.1) is 0 Å². The summed E-state index contributed by atoms with van der Waals surface area (Å²) in [5, 5.41) is 25.8. The summed E-state index contributed by atoms with van der Waals surface area (Å²) in [4.78, 5) is 60.6. The highest BCUT2D eigenvalue weighted by atomic mass is 16.4. The zero-order chi connectivity index (χ0) is 25.1. The Bertz CT molecular complexity index is 844. The first-order valence-corrected chi connectivity index (χ1v) is 10.6. The van der Waals surface area contributed by atoms with Crippen LogP contribution in [0.25, 0.3) is 0 Å². The van der Waals surface area contributed by atoms with Gasteiger partial charge in [-0.25, -0.2) is 4.79 Å². The predicted octanol–water partition coefficient (Wildman–Crippen LogP) is -0.364. The summed E-state index contributed by atoms with van der Waals surface area (Å²) in [5.74, 6) is -5.31. The lowest BCUT2D eigenvalue weighted by Gasteiger charge is -2.26. The number of nitrogens with two attached hydrogens (primary N) is 1.